The highest BCUT2D eigenvalue weighted by atomic mass is 28.2. The summed E-state index contributed by atoms with van der Waals surface area (Å²) in [6, 6.07) is 1.19. The van der Waals surface area contributed by atoms with Gasteiger partial charge in [-0.25, -0.2) is 0 Å². The Kier molecular flexibility index (Phi) is 3.89. The largest absolute Gasteiger partial charge is 0.527 e. The number of nitriles is 1. The molecule has 1 rings (SSSR count). The fourth-order valence-corrected chi connectivity index (χ4v) is 1.45. The Morgan fingerprint density at radius 2 is 2.23 bits per heavy atom. The first kappa shape index (κ1) is 10.2. The number of hydrogen-bond donors (Lipinski definition) is 0. The minimum atomic E-state index is -0.749. The van der Waals surface area contributed by atoms with Crippen LogP contribution in [0.1, 0.15) is 0 Å². The number of hydrogen-bond acceptors (Lipinski definition) is 5. The quantitative estimate of drug-likeness (QED) is 0.484. The molecule has 0 bridgehead atoms. The van der Waals surface area contributed by atoms with Crippen molar-refractivity contribution in [2.24, 2.45) is 0 Å². The molecule has 0 saturated carbocycles. The molecule has 0 spiro atoms. The van der Waals surface area contributed by atoms with E-state index in [0.29, 0.717) is 36.8 Å². The molecular weight excluding hydrogens is 188 g/mol. The van der Waals surface area contributed by atoms with E-state index >= 15 is 0 Å². The highest BCUT2D eigenvalue weighted by Gasteiger charge is 2.27. The number of nitrogens with zero attached hydrogens (tertiary/aromatic N) is 2. The van der Waals surface area contributed by atoms with Crippen molar-refractivity contribution in [2.75, 3.05) is 26.3 Å². The highest BCUT2D eigenvalue weighted by molar-refractivity contribution is 6.06. The van der Waals surface area contributed by atoms with Gasteiger partial charge >= 0.3 is 5.97 Å². The molecule has 72 valence electrons. The summed E-state index contributed by atoms with van der Waals surface area (Å²) in [6.07, 6.45) is 0. The van der Waals surface area contributed by atoms with Gasteiger partial charge in [0.05, 0.1) is 19.3 Å². The van der Waals surface area contributed by atoms with Gasteiger partial charge in [-0.15, -0.1) is 0 Å². The van der Waals surface area contributed by atoms with Crippen molar-refractivity contribution in [2.45, 2.75) is 6.04 Å². The number of morpholine rings is 1. The van der Waals surface area contributed by atoms with Crippen molar-refractivity contribution >= 4 is 16.5 Å². The van der Waals surface area contributed by atoms with E-state index in [0.717, 1.165) is 0 Å². The van der Waals surface area contributed by atoms with Crippen molar-refractivity contribution in [1.82, 2.24) is 4.90 Å². The molecule has 5 nitrogen and oxygen atoms in total. The lowest BCUT2D eigenvalue weighted by Crippen LogP contribution is -2.47. The van der Waals surface area contributed by atoms with E-state index in [1.165, 1.54) is 0 Å². The Hall–Kier alpha value is -0.903. The monoisotopic (exact) mass is 200 g/mol. The molecule has 6 heteroatoms. The van der Waals surface area contributed by atoms with Gasteiger partial charge in [0, 0.05) is 13.1 Å². The lowest BCUT2D eigenvalue weighted by atomic mass is 10.2. The second-order valence-corrected chi connectivity index (χ2v) is 3.11. The van der Waals surface area contributed by atoms with Crippen LogP contribution in [0.25, 0.3) is 0 Å². The molecule has 1 atom stereocenters. The Balaban J connectivity index is 2.55. The van der Waals surface area contributed by atoms with Gasteiger partial charge < -0.3 is 9.16 Å². The smallest absolute Gasteiger partial charge is 0.324 e. The Labute approximate surface area is 79.8 Å². The summed E-state index contributed by atoms with van der Waals surface area (Å²) in [5, 5.41) is 8.76. The average Bonchev–Trinajstić information content (AvgIpc) is 2.20. The highest BCUT2D eigenvalue weighted by Crippen LogP contribution is 2.04. The van der Waals surface area contributed by atoms with Crippen LogP contribution in [-0.2, 0) is 14.0 Å². The lowest BCUT2D eigenvalue weighted by molar-refractivity contribution is -0.139. The number of rotatable bonds is 2. The predicted octanol–water partition coefficient (Wildman–Crippen LogP) is -1.97. The molecule has 0 N–H and O–H groups in total. The molecule has 0 aliphatic carbocycles. The molecular formula is C7H12N2O3Si. The predicted molar refractivity (Wildman–Crippen MR) is 47.8 cm³/mol. The molecule has 0 aromatic carbocycles. The molecule has 13 heavy (non-hydrogen) atoms. The fraction of sp³-hybridized carbons (Fsp3) is 0.714. The molecule has 1 unspecified atom stereocenters. The molecule has 0 amide bonds. The van der Waals surface area contributed by atoms with Gasteiger partial charge in [-0.2, -0.15) is 5.26 Å². The molecule has 1 saturated heterocycles. The van der Waals surface area contributed by atoms with Crippen LogP contribution < -0.4 is 0 Å². The zero-order valence-electron chi connectivity index (χ0n) is 7.52. The summed E-state index contributed by atoms with van der Waals surface area (Å²) in [5.41, 5.74) is 0. The normalized spacial score (nSPS) is 20.5. The molecule has 1 fully saturated rings. The van der Waals surface area contributed by atoms with Crippen molar-refractivity contribution in [3.05, 3.63) is 0 Å². The second-order valence-electron chi connectivity index (χ2n) is 2.70. The summed E-state index contributed by atoms with van der Waals surface area (Å²) < 4.78 is 9.76. The van der Waals surface area contributed by atoms with Gasteiger partial charge in [0.1, 0.15) is 0 Å². The molecule has 1 aliphatic rings. The fourth-order valence-electron chi connectivity index (χ4n) is 1.23. The average molecular weight is 200 g/mol. The zero-order chi connectivity index (χ0) is 9.68. The van der Waals surface area contributed by atoms with Crippen LogP contribution in [0.2, 0.25) is 0 Å². The van der Waals surface area contributed by atoms with Crippen LogP contribution in [-0.4, -0.2) is 53.7 Å². The van der Waals surface area contributed by atoms with Crippen LogP contribution in [0.5, 0.6) is 0 Å². The van der Waals surface area contributed by atoms with E-state index in [-0.39, 0.29) is 0 Å². The van der Waals surface area contributed by atoms with Crippen molar-refractivity contribution in [1.29, 1.82) is 5.26 Å². The number of carbonyl (C=O) groups is 1. The summed E-state index contributed by atoms with van der Waals surface area (Å²) >= 11 is 0. The first-order valence-corrected chi connectivity index (χ1v) is 4.90. The summed E-state index contributed by atoms with van der Waals surface area (Å²) in [4.78, 5) is 12.9. The van der Waals surface area contributed by atoms with Crippen LogP contribution in [0.3, 0.4) is 0 Å². The van der Waals surface area contributed by atoms with Crippen LogP contribution >= 0.6 is 0 Å². The first-order valence-electron chi connectivity index (χ1n) is 4.09. The molecule has 0 radical (unpaired) electrons. The second kappa shape index (κ2) is 4.96. The third-order valence-corrected chi connectivity index (χ3v) is 2.36. The van der Waals surface area contributed by atoms with E-state index in [1.54, 1.807) is 4.90 Å². The minimum absolute atomic E-state index is 0.337. The Morgan fingerprint density at radius 1 is 1.62 bits per heavy atom. The zero-order valence-corrected chi connectivity index (χ0v) is 9.52. The third-order valence-electron chi connectivity index (χ3n) is 1.96. The molecule has 1 aliphatic heterocycles. The Bertz CT molecular complexity index is 222. The van der Waals surface area contributed by atoms with Gasteiger partial charge in [0.15, 0.2) is 6.04 Å². The summed E-state index contributed by atoms with van der Waals surface area (Å²) in [5.74, 6) is -0.434. The molecule has 0 aromatic rings. The van der Waals surface area contributed by atoms with Gasteiger partial charge in [-0.1, -0.05) is 0 Å². The maximum Gasteiger partial charge on any atom is 0.324 e. The minimum Gasteiger partial charge on any atom is -0.527 e. The van der Waals surface area contributed by atoms with Crippen LogP contribution in [0.15, 0.2) is 0 Å². The SMILES string of the molecule is N#CC(C(=O)O[SiH3])N1CCOCC1. The first-order chi connectivity index (χ1) is 6.29. The number of ether oxygens (including phenoxy) is 1. The van der Waals surface area contributed by atoms with Gasteiger partial charge in [0.2, 0.25) is 10.5 Å². The third kappa shape index (κ3) is 2.52. The van der Waals surface area contributed by atoms with E-state index < -0.39 is 12.0 Å². The van der Waals surface area contributed by atoms with E-state index in [4.69, 9.17) is 10.00 Å². The van der Waals surface area contributed by atoms with Crippen molar-refractivity contribution in [3.63, 3.8) is 0 Å². The van der Waals surface area contributed by atoms with Gasteiger partial charge in [0.25, 0.3) is 0 Å². The van der Waals surface area contributed by atoms with Crippen LogP contribution in [0.4, 0.5) is 0 Å². The maximum absolute atomic E-state index is 11.1. The maximum atomic E-state index is 11.1. The van der Waals surface area contributed by atoms with Gasteiger partial charge in [-0.3, -0.25) is 9.69 Å². The topological polar surface area (TPSA) is 62.6 Å². The summed E-state index contributed by atoms with van der Waals surface area (Å²) in [7, 11) is 0.337. The van der Waals surface area contributed by atoms with Crippen molar-refractivity contribution < 1.29 is 14.0 Å². The van der Waals surface area contributed by atoms with E-state index in [9.17, 15) is 4.79 Å². The van der Waals surface area contributed by atoms with Crippen molar-refractivity contribution in [3.8, 4) is 6.07 Å². The molecule has 1 heterocycles. The number of carbonyl (C=O) groups excluding carboxylic acids is 1. The van der Waals surface area contributed by atoms with Crippen LogP contribution in [0, 0.1) is 11.3 Å². The summed E-state index contributed by atoms with van der Waals surface area (Å²) in [6.45, 7) is 2.39. The van der Waals surface area contributed by atoms with E-state index in [2.05, 4.69) is 4.43 Å². The standard InChI is InChI=1S/C7H12N2O3Si/c8-5-6(7(10)12-13)9-1-3-11-4-2-9/h6H,1-4H2,13H3. The Morgan fingerprint density at radius 3 is 2.69 bits per heavy atom. The van der Waals surface area contributed by atoms with E-state index in [1.807, 2.05) is 6.07 Å². The van der Waals surface area contributed by atoms with Gasteiger partial charge in [-0.05, 0) is 0 Å². The molecule has 0 aromatic heterocycles. The lowest BCUT2D eigenvalue weighted by Gasteiger charge is -2.28.